The molecular weight excluding hydrogens is 461 g/mol. The molecule has 0 bridgehead atoms. The Kier molecular flexibility index (Phi) is 7.31. The first-order valence-electron chi connectivity index (χ1n) is 10.9. The number of nitrogens with zero attached hydrogens (tertiary/aromatic N) is 2. The van der Waals surface area contributed by atoms with E-state index in [2.05, 4.69) is 15.6 Å². The third-order valence-electron chi connectivity index (χ3n) is 5.56. The van der Waals surface area contributed by atoms with E-state index in [-0.39, 0.29) is 47.9 Å². The molecule has 1 aromatic heterocycles. The maximum absolute atomic E-state index is 14.9. The lowest BCUT2D eigenvalue weighted by Crippen LogP contribution is -2.33. The monoisotopic (exact) mass is 484 g/mol. The summed E-state index contributed by atoms with van der Waals surface area (Å²) in [5.74, 6) is -3.30. The van der Waals surface area contributed by atoms with Gasteiger partial charge in [-0.1, -0.05) is 12.1 Å². The summed E-state index contributed by atoms with van der Waals surface area (Å²) in [5, 5.41) is 5.60. The van der Waals surface area contributed by atoms with Gasteiger partial charge in [-0.3, -0.25) is 14.7 Å². The number of nitrogens with one attached hydrogen (secondary N) is 2. The summed E-state index contributed by atoms with van der Waals surface area (Å²) in [6.45, 7) is 2.13. The number of ether oxygens (including phenoxy) is 1. The van der Waals surface area contributed by atoms with Crippen molar-refractivity contribution in [1.29, 1.82) is 0 Å². The predicted molar refractivity (Wildman–Crippen MR) is 123 cm³/mol. The van der Waals surface area contributed by atoms with E-state index < -0.39 is 29.6 Å². The largest absolute Gasteiger partial charge is 0.442 e. The molecule has 2 aromatic carbocycles. The van der Waals surface area contributed by atoms with Crippen molar-refractivity contribution in [3.05, 3.63) is 83.4 Å². The van der Waals surface area contributed by atoms with Crippen molar-refractivity contribution >= 4 is 17.7 Å². The molecule has 0 spiro atoms. The average Bonchev–Trinajstić information content (AvgIpc) is 3.22. The molecule has 1 aliphatic rings. The standard InChI is InChI=1S/C25H23F3N4O3/c1-15(33)31-13-19-14-32(25(34)35-19)18-3-5-20(22(26)10-18)21-4-2-17(23(27)24(21)28)12-30-11-16-6-8-29-9-7-16/h2-10,19,30H,11-14H2,1H3,(H,31,33). The molecule has 7 nitrogen and oxygen atoms in total. The van der Waals surface area contributed by atoms with Gasteiger partial charge in [0.15, 0.2) is 11.6 Å². The van der Waals surface area contributed by atoms with E-state index in [1.165, 1.54) is 36.1 Å². The lowest BCUT2D eigenvalue weighted by Gasteiger charge is -2.15. The van der Waals surface area contributed by atoms with Crippen molar-refractivity contribution in [2.45, 2.75) is 26.1 Å². The Balaban J connectivity index is 1.46. The second-order valence-corrected chi connectivity index (χ2v) is 8.08. The van der Waals surface area contributed by atoms with Crippen LogP contribution in [0.5, 0.6) is 0 Å². The highest BCUT2D eigenvalue weighted by molar-refractivity contribution is 5.90. The van der Waals surface area contributed by atoms with Gasteiger partial charge in [-0.2, -0.15) is 0 Å². The lowest BCUT2D eigenvalue weighted by molar-refractivity contribution is -0.119. The van der Waals surface area contributed by atoms with Crippen molar-refractivity contribution in [3.63, 3.8) is 0 Å². The Morgan fingerprint density at radius 1 is 1.06 bits per heavy atom. The van der Waals surface area contributed by atoms with Gasteiger partial charge in [-0.05, 0) is 35.9 Å². The number of amides is 2. The molecule has 2 heterocycles. The number of hydrogen-bond acceptors (Lipinski definition) is 5. The van der Waals surface area contributed by atoms with Crippen LogP contribution in [0.3, 0.4) is 0 Å². The van der Waals surface area contributed by atoms with Gasteiger partial charge in [0.05, 0.1) is 18.8 Å². The van der Waals surface area contributed by atoms with Gasteiger partial charge < -0.3 is 15.4 Å². The molecular formula is C25H23F3N4O3. The van der Waals surface area contributed by atoms with E-state index in [1.807, 2.05) is 12.1 Å². The summed E-state index contributed by atoms with van der Waals surface area (Å²) in [6, 6.07) is 10.1. The summed E-state index contributed by atoms with van der Waals surface area (Å²) >= 11 is 0. The fourth-order valence-corrected chi connectivity index (χ4v) is 3.76. The van der Waals surface area contributed by atoms with Gasteiger partial charge in [0.25, 0.3) is 0 Å². The first kappa shape index (κ1) is 24.2. The molecule has 1 unspecified atom stereocenters. The Labute approximate surface area is 199 Å². The maximum atomic E-state index is 14.9. The van der Waals surface area contributed by atoms with E-state index in [1.54, 1.807) is 12.4 Å². The van der Waals surface area contributed by atoms with E-state index >= 15 is 0 Å². The quantitative estimate of drug-likeness (QED) is 0.507. The molecule has 1 saturated heterocycles. The molecule has 4 rings (SSSR count). The number of pyridine rings is 1. The van der Waals surface area contributed by atoms with Gasteiger partial charge in [-0.15, -0.1) is 0 Å². The number of rotatable bonds is 8. The minimum Gasteiger partial charge on any atom is -0.442 e. The van der Waals surface area contributed by atoms with Crippen LogP contribution in [-0.4, -0.2) is 36.2 Å². The number of halogens is 3. The number of cyclic esters (lactones) is 1. The van der Waals surface area contributed by atoms with Crippen LogP contribution in [0.15, 0.2) is 54.9 Å². The van der Waals surface area contributed by atoms with Crippen LogP contribution in [-0.2, 0) is 22.6 Å². The zero-order chi connectivity index (χ0) is 24.9. The van der Waals surface area contributed by atoms with E-state index in [9.17, 15) is 22.8 Å². The second-order valence-electron chi connectivity index (χ2n) is 8.08. The van der Waals surface area contributed by atoms with Gasteiger partial charge in [0.1, 0.15) is 11.9 Å². The molecule has 3 aromatic rings. The molecule has 0 saturated carbocycles. The Bertz CT molecular complexity index is 1240. The number of carbonyl (C=O) groups is 2. The summed E-state index contributed by atoms with van der Waals surface area (Å²) < 4.78 is 49.7. The summed E-state index contributed by atoms with van der Waals surface area (Å²) in [7, 11) is 0. The van der Waals surface area contributed by atoms with Crippen LogP contribution >= 0.6 is 0 Å². The molecule has 2 N–H and O–H groups in total. The van der Waals surface area contributed by atoms with E-state index in [0.717, 1.165) is 11.6 Å². The van der Waals surface area contributed by atoms with Crippen molar-refractivity contribution < 1.29 is 27.5 Å². The molecule has 182 valence electrons. The SMILES string of the molecule is CC(=O)NCC1CN(c2ccc(-c3ccc(CNCc4ccncc4)c(F)c3F)c(F)c2)C(=O)O1. The maximum Gasteiger partial charge on any atom is 0.414 e. The highest BCUT2D eigenvalue weighted by Crippen LogP contribution is 2.32. The first-order chi connectivity index (χ1) is 16.8. The van der Waals surface area contributed by atoms with Crippen LogP contribution in [0.25, 0.3) is 11.1 Å². The van der Waals surface area contributed by atoms with E-state index in [4.69, 9.17) is 4.74 Å². The smallest absolute Gasteiger partial charge is 0.414 e. The minimum atomic E-state index is -1.16. The van der Waals surface area contributed by atoms with Crippen molar-refractivity contribution in [1.82, 2.24) is 15.6 Å². The number of hydrogen-bond donors (Lipinski definition) is 2. The molecule has 10 heteroatoms. The zero-order valence-electron chi connectivity index (χ0n) is 18.9. The second kappa shape index (κ2) is 10.6. The zero-order valence-corrected chi connectivity index (χ0v) is 18.9. The van der Waals surface area contributed by atoms with E-state index in [0.29, 0.717) is 6.54 Å². The van der Waals surface area contributed by atoms with Gasteiger partial charge >= 0.3 is 6.09 Å². The van der Waals surface area contributed by atoms with Crippen LogP contribution in [0.4, 0.5) is 23.7 Å². The number of carbonyl (C=O) groups excluding carboxylic acids is 2. The third kappa shape index (κ3) is 5.60. The van der Waals surface area contributed by atoms with Crippen LogP contribution in [0.2, 0.25) is 0 Å². The van der Waals surface area contributed by atoms with Crippen molar-refractivity contribution in [2.24, 2.45) is 0 Å². The summed E-state index contributed by atoms with van der Waals surface area (Å²) in [4.78, 5) is 28.4. The molecule has 1 fully saturated rings. The minimum absolute atomic E-state index is 0.0868. The van der Waals surface area contributed by atoms with Crippen LogP contribution < -0.4 is 15.5 Å². The summed E-state index contributed by atoms with van der Waals surface area (Å²) in [5.41, 5.74) is 0.908. The fourth-order valence-electron chi connectivity index (χ4n) is 3.76. The molecule has 0 aliphatic carbocycles. The Morgan fingerprint density at radius 2 is 1.80 bits per heavy atom. The van der Waals surface area contributed by atoms with Crippen LogP contribution in [0.1, 0.15) is 18.1 Å². The number of benzene rings is 2. The Hall–Kier alpha value is -3.92. The molecule has 2 amide bonds. The lowest BCUT2D eigenvalue weighted by atomic mass is 10.0. The summed E-state index contributed by atoms with van der Waals surface area (Å²) in [6.07, 6.45) is 2.01. The van der Waals surface area contributed by atoms with Crippen LogP contribution in [0, 0.1) is 17.5 Å². The topological polar surface area (TPSA) is 83.6 Å². The third-order valence-corrected chi connectivity index (χ3v) is 5.56. The highest BCUT2D eigenvalue weighted by atomic mass is 19.2. The van der Waals surface area contributed by atoms with Crippen molar-refractivity contribution in [2.75, 3.05) is 18.0 Å². The van der Waals surface area contributed by atoms with Gasteiger partial charge in [-0.25, -0.2) is 18.0 Å². The van der Waals surface area contributed by atoms with Crippen molar-refractivity contribution in [3.8, 4) is 11.1 Å². The number of aromatic nitrogens is 1. The first-order valence-corrected chi connectivity index (χ1v) is 10.9. The molecule has 1 atom stereocenters. The molecule has 1 aliphatic heterocycles. The molecule has 0 radical (unpaired) electrons. The Morgan fingerprint density at radius 3 is 2.51 bits per heavy atom. The normalized spacial score (nSPS) is 15.3. The molecule has 35 heavy (non-hydrogen) atoms. The number of anilines is 1. The van der Waals surface area contributed by atoms with Gasteiger partial charge in [0, 0.05) is 49.1 Å². The average molecular weight is 484 g/mol. The fraction of sp³-hybridized carbons (Fsp3) is 0.240. The predicted octanol–water partition coefficient (Wildman–Crippen LogP) is 3.92. The highest BCUT2D eigenvalue weighted by Gasteiger charge is 2.33. The van der Waals surface area contributed by atoms with Gasteiger partial charge in [0.2, 0.25) is 5.91 Å².